The number of halogens is 1. The molecular weight excluding hydrogens is 447 g/mol. The minimum absolute atomic E-state index is 0.267. The number of allylic oxidation sites excluding steroid dienone is 5. The van der Waals surface area contributed by atoms with Crippen molar-refractivity contribution in [2.24, 2.45) is 0 Å². The van der Waals surface area contributed by atoms with Gasteiger partial charge in [0.25, 0.3) is 0 Å². The van der Waals surface area contributed by atoms with Crippen molar-refractivity contribution in [1.29, 1.82) is 0 Å². The highest BCUT2D eigenvalue weighted by Gasteiger charge is 2.38. The summed E-state index contributed by atoms with van der Waals surface area (Å²) in [6.07, 6.45) is 13.1. The summed E-state index contributed by atoms with van der Waals surface area (Å²) in [5.41, 5.74) is 4.39. The van der Waals surface area contributed by atoms with E-state index in [0.717, 1.165) is 30.1 Å². The van der Waals surface area contributed by atoms with Crippen molar-refractivity contribution in [3.8, 4) is 0 Å². The summed E-state index contributed by atoms with van der Waals surface area (Å²) in [6.45, 7) is 20.5. The Labute approximate surface area is 179 Å². The lowest BCUT2D eigenvalue weighted by Gasteiger charge is -2.38. The van der Waals surface area contributed by atoms with Gasteiger partial charge in [-0.05, 0) is 77.9 Å². The van der Waals surface area contributed by atoms with Crippen LogP contribution in [-0.4, -0.2) is 18.8 Å². The summed E-state index contributed by atoms with van der Waals surface area (Å²) in [4.78, 5) is 0. The van der Waals surface area contributed by atoms with Crippen LogP contribution in [0.2, 0.25) is 18.1 Å². The van der Waals surface area contributed by atoms with E-state index >= 15 is 0 Å². The van der Waals surface area contributed by atoms with Gasteiger partial charge in [0.1, 0.15) is 0 Å². The fourth-order valence-electron chi connectivity index (χ4n) is 2.48. The first-order valence-electron chi connectivity index (χ1n) is 10.1. The van der Waals surface area contributed by atoms with Gasteiger partial charge in [0.2, 0.25) is 0 Å². The zero-order valence-corrected chi connectivity index (χ0v) is 22.0. The van der Waals surface area contributed by atoms with Crippen molar-refractivity contribution in [1.82, 2.24) is 0 Å². The molecule has 3 heteroatoms. The second-order valence-electron chi connectivity index (χ2n) is 9.32. The summed E-state index contributed by atoms with van der Waals surface area (Å²) in [5.74, 6) is 0. The molecule has 1 nitrogen and oxygen atoms in total. The largest absolute Gasteiger partial charge is 0.411 e. The lowest BCUT2D eigenvalue weighted by Crippen LogP contribution is -2.43. The molecule has 0 radical (unpaired) electrons. The maximum atomic E-state index is 6.65. The average molecular weight is 491 g/mol. The SMILES string of the molecule is CC(C)=CCCC(C)=CCCC(C)=CC(CCI)O[Si](C)(C)C(C)(C)C. The normalized spacial score (nSPS) is 15.2. The van der Waals surface area contributed by atoms with Crippen molar-refractivity contribution in [3.63, 3.8) is 0 Å². The molecule has 0 N–H and O–H groups in total. The van der Waals surface area contributed by atoms with Crippen LogP contribution in [0.5, 0.6) is 0 Å². The molecule has 0 rings (SSSR count). The van der Waals surface area contributed by atoms with Crippen LogP contribution in [0.3, 0.4) is 0 Å². The molecule has 0 amide bonds. The van der Waals surface area contributed by atoms with Crippen molar-refractivity contribution in [2.45, 2.75) is 105 Å². The monoisotopic (exact) mass is 490 g/mol. The van der Waals surface area contributed by atoms with Gasteiger partial charge in [-0.25, -0.2) is 0 Å². The summed E-state index contributed by atoms with van der Waals surface area (Å²) in [6, 6.07) is 0. The second kappa shape index (κ2) is 12.6. The van der Waals surface area contributed by atoms with Crippen molar-refractivity contribution >= 4 is 30.9 Å². The zero-order valence-electron chi connectivity index (χ0n) is 18.8. The molecule has 0 aliphatic rings. The van der Waals surface area contributed by atoms with Gasteiger partial charge in [0.15, 0.2) is 8.32 Å². The summed E-state index contributed by atoms with van der Waals surface area (Å²) >= 11 is 2.47. The highest BCUT2D eigenvalue weighted by atomic mass is 127. The van der Waals surface area contributed by atoms with Gasteiger partial charge in [-0.15, -0.1) is 0 Å². The molecule has 152 valence electrons. The van der Waals surface area contributed by atoms with E-state index in [0.29, 0.717) is 0 Å². The molecule has 0 fully saturated rings. The predicted molar refractivity (Wildman–Crippen MR) is 131 cm³/mol. The Hall–Kier alpha value is 0.127. The Balaban J connectivity index is 4.69. The van der Waals surface area contributed by atoms with Crippen molar-refractivity contribution in [2.75, 3.05) is 4.43 Å². The molecular formula is C23H43IOSi. The van der Waals surface area contributed by atoms with E-state index < -0.39 is 8.32 Å². The third-order valence-electron chi connectivity index (χ3n) is 5.24. The topological polar surface area (TPSA) is 9.23 Å². The van der Waals surface area contributed by atoms with Gasteiger partial charge >= 0.3 is 0 Å². The van der Waals surface area contributed by atoms with Crippen LogP contribution in [0.15, 0.2) is 34.9 Å². The van der Waals surface area contributed by atoms with Gasteiger partial charge in [0, 0.05) is 4.43 Å². The Bertz CT molecular complexity index is 491. The van der Waals surface area contributed by atoms with Crippen LogP contribution in [-0.2, 0) is 4.43 Å². The predicted octanol–water partition coefficient (Wildman–Crippen LogP) is 8.62. The molecule has 1 atom stereocenters. The van der Waals surface area contributed by atoms with Crippen LogP contribution in [0.25, 0.3) is 0 Å². The minimum atomic E-state index is -1.71. The van der Waals surface area contributed by atoms with E-state index in [1.807, 2.05) is 0 Å². The van der Waals surface area contributed by atoms with Crippen LogP contribution in [0.4, 0.5) is 0 Å². The van der Waals surface area contributed by atoms with Gasteiger partial charge < -0.3 is 4.43 Å². The molecule has 0 bridgehead atoms. The summed E-state index contributed by atoms with van der Waals surface area (Å²) in [5, 5.41) is 0.267. The van der Waals surface area contributed by atoms with E-state index in [1.165, 1.54) is 23.1 Å². The molecule has 0 heterocycles. The van der Waals surface area contributed by atoms with Gasteiger partial charge in [-0.1, -0.05) is 78.3 Å². The molecule has 0 aliphatic carbocycles. The Morgan fingerprint density at radius 2 is 1.50 bits per heavy atom. The molecule has 26 heavy (non-hydrogen) atoms. The van der Waals surface area contributed by atoms with Crippen LogP contribution < -0.4 is 0 Å². The van der Waals surface area contributed by atoms with Gasteiger partial charge in [-0.2, -0.15) is 0 Å². The van der Waals surface area contributed by atoms with E-state index in [4.69, 9.17) is 4.43 Å². The van der Waals surface area contributed by atoms with Crippen LogP contribution in [0.1, 0.15) is 80.6 Å². The van der Waals surface area contributed by atoms with Crippen molar-refractivity contribution in [3.05, 3.63) is 34.9 Å². The Kier molecular flexibility index (Phi) is 12.6. The van der Waals surface area contributed by atoms with Gasteiger partial charge in [-0.3, -0.25) is 0 Å². The smallest absolute Gasteiger partial charge is 0.192 e. The average Bonchev–Trinajstić information content (AvgIpc) is 2.45. The summed E-state index contributed by atoms with van der Waals surface area (Å²) < 4.78 is 7.80. The molecule has 0 spiro atoms. The van der Waals surface area contributed by atoms with E-state index in [9.17, 15) is 0 Å². The van der Waals surface area contributed by atoms with E-state index in [1.54, 1.807) is 0 Å². The number of rotatable bonds is 11. The van der Waals surface area contributed by atoms with Gasteiger partial charge in [0.05, 0.1) is 6.10 Å². The Morgan fingerprint density at radius 1 is 0.962 bits per heavy atom. The summed E-state index contributed by atoms with van der Waals surface area (Å²) in [7, 11) is -1.71. The maximum Gasteiger partial charge on any atom is 0.192 e. The second-order valence-corrected chi connectivity index (χ2v) is 15.2. The highest BCUT2D eigenvalue weighted by molar-refractivity contribution is 14.1. The fourth-order valence-corrected chi connectivity index (χ4v) is 4.39. The lowest BCUT2D eigenvalue weighted by molar-refractivity contribution is 0.222. The fraction of sp³-hybridized carbons (Fsp3) is 0.739. The molecule has 0 aromatic heterocycles. The molecule has 0 aliphatic heterocycles. The minimum Gasteiger partial charge on any atom is -0.411 e. The quantitative estimate of drug-likeness (QED) is 0.122. The molecule has 0 aromatic rings. The number of hydrogen-bond donors (Lipinski definition) is 0. The molecule has 1 unspecified atom stereocenters. The first kappa shape index (κ1) is 26.1. The van der Waals surface area contributed by atoms with Crippen molar-refractivity contribution < 1.29 is 4.43 Å². The Morgan fingerprint density at radius 3 is 2.00 bits per heavy atom. The van der Waals surface area contributed by atoms with E-state index in [-0.39, 0.29) is 11.1 Å². The maximum absolute atomic E-state index is 6.65. The number of alkyl halides is 1. The number of hydrogen-bond acceptors (Lipinski definition) is 1. The third-order valence-corrected chi connectivity index (χ3v) is 10.4. The lowest BCUT2D eigenvalue weighted by atomic mass is 10.1. The highest BCUT2D eigenvalue weighted by Crippen LogP contribution is 2.38. The molecule has 0 saturated heterocycles. The standard InChI is InChI=1S/C23H43IOSi/c1-19(2)12-10-13-20(3)14-11-15-21(4)18-22(16-17-24)25-26(8,9)23(5,6)7/h12,14,18,22H,10-11,13,15-17H2,1-9H3. The zero-order chi connectivity index (χ0) is 20.4. The first-order valence-corrected chi connectivity index (χ1v) is 14.5. The van der Waals surface area contributed by atoms with E-state index in [2.05, 4.69) is 102 Å². The molecule has 0 aromatic carbocycles. The molecule has 0 saturated carbocycles. The van der Waals surface area contributed by atoms with Crippen LogP contribution in [0, 0.1) is 0 Å². The third kappa shape index (κ3) is 11.8. The first-order chi connectivity index (χ1) is 11.9. The van der Waals surface area contributed by atoms with Crippen LogP contribution >= 0.6 is 22.6 Å².